The van der Waals surface area contributed by atoms with Gasteiger partial charge in [0.2, 0.25) is 0 Å². The third-order valence-corrected chi connectivity index (χ3v) is 3.13. The molecule has 0 aliphatic rings. The van der Waals surface area contributed by atoms with E-state index in [1.165, 1.54) is 0 Å². The maximum atomic E-state index is 11.4. The zero-order chi connectivity index (χ0) is 12.8. The Bertz CT molecular complexity index is 468. The summed E-state index contributed by atoms with van der Waals surface area (Å²) in [5, 5.41) is 10.1. The average Bonchev–Trinajstić information content (AvgIpc) is 2.31. The first-order valence-corrected chi connectivity index (χ1v) is 6.55. The fourth-order valence-corrected chi connectivity index (χ4v) is 2.25. The van der Waals surface area contributed by atoms with Crippen molar-refractivity contribution < 1.29 is 9.53 Å². The van der Waals surface area contributed by atoms with Crippen LogP contribution in [0.15, 0.2) is 12.1 Å². The lowest BCUT2D eigenvalue weighted by molar-refractivity contribution is -0.142. The first-order chi connectivity index (χ1) is 8.12. The van der Waals surface area contributed by atoms with Crippen molar-refractivity contribution in [1.29, 1.82) is 5.26 Å². The smallest absolute Gasteiger partial charge is 0.310 e. The van der Waals surface area contributed by atoms with E-state index in [4.69, 9.17) is 21.6 Å². The number of ether oxygens (including phenoxy) is 1. The van der Waals surface area contributed by atoms with Gasteiger partial charge in [-0.25, -0.2) is 0 Å². The van der Waals surface area contributed by atoms with Crippen molar-refractivity contribution in [2.75, 3.05) is 6.61 Å². The minimum atomic E-state index is -0.341. The van der Waals surface area contributed by atoms with Gasteiger partial charge in [-0.05, 0) is 24.1 Å². The molecule has 0 spiro atoms. The second kappa shape index (κ2) is 6.63. The molecule has 0 bridgehead atoms. The van der Waals surface area contributed by atoms with Crippen LogP contribution in [0.4, 0.5) is 0 Å². The van der Waals surface area contributed by atoms with Crippen LogP contribution in [0.3, 0.4) is 0 Å². The number of benzene rings is 1. The Morgan fingerprint density at radius 1 is 1.53 bits per heavy atom. The quantitative estimate of drug-likeness (QED) is 0.633. The van der Waals surface area contributed by atoms with E-state index in [2.05, 4.69) is 15.9 Å². The molecule has 3 nitrogen and oxygen atoms in total. The van der Waals surface area contributed by atoms with E-state index in [9.17, 15) is 4.79 Å². The predicted molar refractivity (Wildman–Crippen MR) is 69.1 cm³/mol. The van der Waals surface area contributed by atoms with Crippen LogP contribution in [-0.2, 0) is 21.3 Å². The SMILES string of the molecule is CCOC(=O)Cc1cc(CBr)c(Cl)cc1C#N. The Balaban J connectivity index is 3.05. The van der Waals surface area contributed by atoms with Crippen molar-refractivity contribution in [2.45, 2.75) is 18.7 Å². The standard InChI is InChI=1S/C12H11BrClNO2/c1-2-17-12(16)5-8-3-9(6-13)11(14)4-10(8)7-15/h3-4H,2,5-6H2,1H3. The van der Waals surface area contributed by atoms with Crippen molar-refractivity contribution in [3.8, 4) is 6.07 Å². The van der Waals surface area contributed by atoms with Gasteiger partial charge in [-0.2, -0.15) is 5.26 Å². The Kier molecular flexibility index (Phi) is 5.46. The minimum absolute atomic E-state index is 0.0912. The molecule has 0 aliphatic heterocycles. The lowest BCUT2D eigenvalue weighted by Crippen LogP contribution is -2.09. The summed E-state index contributed by atoms with van der Waals surface area (Å²) in [4.78, 5) is 11.4. The highest BCUT2D eigenvalue weighted by molar-refractivity contribution is 9.08. The molecule has 0 atom stereocenters. The molecule has 5 heteroatoms. The van der Waals surface area contributed by atoms with Gasteiger partial charge in [0.1, 0.15) is 0 Å². The van der Waals surface area contributed by atoms with Crippen LogP contribution in [0, 0.1) is 11.3 Å². The molecule has 0 amide bonds. The van der Waals surface area contributed by atoms with Gasteiger partial charge < -0.3 is 4.74 Å². The van der Waals surface area contributed by atoms with Crippen LogP contribution in [0.5, 0.6) is 0 Å². The van der Waals surface area contributed by atoms with E-state index >= 15 is 0 Å². The normalized spacial score (nSPS) is 9.76. The Morgan fingerprint density at radius 3 is 2.76 bits per heavy atom. The second-order valence-corrected chi connectivity index (χ2v) is 4.30. The van der Waals surface area contributed by atoms with Gasteiger partial charge in [0.05, 0.1) is 24.7 Å². The highest BCUT2D eigenvalue weighted by atomic mass is 79.9. The summed E-state index contributed by atoms with van der Waals surface area (Å²) in [5.41, 5.74) is 1.91. The van der Waals surface area contributed by atoms with E-state index in [1.54, 1.807) is 19.1 Å². The number of hydrogen-bond acceptors (Lipinski definition) is 3. The molecule has 17 heavy (non-hydrogen) atoms. The molecular formula is C12H11BrClNO2. The van der Waals surface area contributed by atoms with E-state index in [1.807, 2.05) is 6.07 Å². The number of rotatable bonds is 4. The topological polar surface area (TPSA) is 50.1 Å². The third kappa shape index (κ3) is 3.72. The molecule has 1 rings (SSSR count). The second-order valence-electron chi connectivity index (χ2n) is 3.33. The molecule has 0 aromatic heterocycles. The average molecular weight is 317 g/mol. The maximum absolute atomic E-state index is 11.4. The molecule has 1 aromatic rings. The number of esters is 1. The summed E-state index contributed by atoms with van der Waals surface area (Å²) in [6.07, 6.45) is 0.0912. The van der Waals surface area contributed by atoms with E-state index in [0.29, 0.717) is 28.1 Å². The van der Waals surface area contributed by atoms with Gasteiger partial charge in [-0.15, -0.1) is 0 Å². The summed E-state index contributed by atoms with van der Waals surface area (Å²) in [6.45, 7) is 2.08. The summed E-state index contributed by atoms with van der Waals surface area (Å²) in [6, 6.07) is 5.36. The molecule has 0 heterocycles. The highest BCUT2D eigenvalue weighted by Crippen LogP contribution is 2.24. The molecule has 0 saturated carbocycles. The van der Waals surface area contributed by atoms with Gasteiger partial charge >= 0.3 is 5.97 Å². The molecule has 0 N–H and O–H groups in total. The number of carbonyl (C=O) groups is 1. The molecule has 90 valence electrons. The lowest BCUT2D eigenvalue weighted by atomic mass is 10.0. The summed E-state index contributed by atoms with van der Waals surface area (Å²) < 4.78 is 4.86. The van der Waals surface area contributed by atoms with Crippen LogP contribution >= 0.6 is 27.5 Å². The number of alkyl halides is 1. The van der Waals surface area contributed by atoms with Crippen molar-refractivity contribution in [2.24, 2.45) is 0 Å². The Labute approximate surface area is 113 Å². The number of halogens is 2. The first-order valence-electron chi connectivity index (χ1n) is 5.05. The molecule has 1 aromatic carbocycles. The van der Waals surface area contributed by atoms with Crippen molar-refractivity contribution in [1.82, 2.24) is 0 Å². The largest absolute Gasteiger partial charge is 0.466 e. The monoisotopic (exact) mass is 315 g/mol. The fraction of sp³-hybridized carbons (Fsp3) is 0.333. The Morgan fingerprint density at radius 2 is 2.24 bits per heavy atom. The zero-order valence-electron chi connectivity index (χ0n) is 9.30. The van der Waals surface area contributed by atoms with E-state index < -0.39 is 0 Å². The lowest BCUT2D eigenvalue weighted by Gasteiger charge is -2.07. The third-order valence-electron chi connectivity index (χ3n) is 2.18. The predicted octanol–water partition coefficient (Wildman–Crippen LogP) is 3.21. The van der Waals surface area contributed by atoms with Crippen LogP contribution in [0.2, 0.25) is 5.02 Å². The molecule has 0 aliphatic carbocycles. The summed E-state index contributed by atoms with van der Waals surface area (Å²) in [5.74, 6) is -0.341. The van der Waals surface area contributed by atoms with Crippen LogP contribution in [0.25, 0.3) is 0 Å². The number of carbonyl (C=O) groups excluding carboxylic acids is 1. The molecule has 0 saturated heterocycles. The van der Waals surface area contributed by atoms with Crippen LogP contribution < -0.4 is 0 Å². The zero-order valence-corrected chi connectivity index (χ0v) is 11.6. The van der Waals surface area contributed by atoms with Gasteiger partial charge in [0.15, 0.2) is 0 Å². The molecular weight excluding hydrogens is 305 g/mol. The van der Waals surface area contributed by atoms with E-state index in [-0.39, 0.29) is 12.4 Å². The molecule has 0 unspecified atom stereocenters. The minimum Gasteiger partial charge on any atom is -0.466 e. The fourth-order valence-electron chi connectivity index (χ4n) is 1.39. The highest BCUT2D eigenvalue weighted by Gasteiger charge is 2.12. The Hall–Kier alpha value is -1.05. The summed E-state index contributed by atoms with van der Waals surface area (Å²) >= 11 is 9.28. The van der Waals surface area contributed by atoms with Crippen molar-refractivity contribution in [3.63, 3.8) is 0 Å². The van der Waals surface area contributed by atoms with E-state index in [0.717, 1.165) is 5.56 Å². The maximum Gasteiger partial charge on any atom is 0.310 e. The van der Waals surface area contributed by atoms with Gasteiger partial charge in [0.25, 0.3) is 0 Å². The van der Waals surface area contributed by atoms with Gasteiger partial charge in [-0.3, -0.25) is 4.79 Å². The van der Waals surface area contributed by atoms with Crippen LogP contribution in [-0.4, -0.2) is 12.6 Å². The van der Waals surface area contributed by atoms with Crippen molar-refractivity contribution in [3.05, 3.63) is 33.8 Å². The number of hydrogen-bond donors (Lipinski definition) is 0. The first kappa shape index (κ1) is 14.0. The molecule has 0 radical (unpaired) electrons. The van der Waals surface area contributed by atoms with Gasteiger partial charge in [0, 0.05) is 10.4 Å². The number of nitrogens with zero attached hydrogens (tertiary/aromatic N) is 1. The molecule has 0 fully saturated rings. The number of nitriles is 1. The van der Waals surface area contributed by atoms with Crippen LogP contribution in [0.1, 0.15) is 23.6 Å². The summed E-state index contributed by atoms with van der Waals surface area (Å²) in [7, 11) is 0. The van der Waals surface area contributed by atoms with Gasteiger partial charge in [-0.1, -0.05) is 33.6 Å². The van der Waals surface area contributed by atoms with Crippen molar-refractivity contribution >= 4 is 33.5 Å².